The second kappa shape index (κ2) is 4.88. The largest absolute Gasteiger partial charge is 0.337 e. The summed E-state index contributed by atoms with van der Waals surface area (Å²) in [5, 5.41) is 3.87. The van der Waals surface area contributed by atoms with E-state index >= 15 is 0 Å². The molecule has 3 amide bonds. The van der Waals surface area contributed by atoms with E-state index in [1.54, 1.807) is 4.90 Å². The molecule has 1 saturated heterocycles. The standard InChI is InChI=1S/C13H18N4O3/c1-8(2)5-10-14-11(20-15-10)6-17-12(18)7-16(13(17)19)9-3-4-9/h8-9H,3-7H2,1-2H3. The first-order valence-corrected chi connectivity index (χ1v) is 6.97. The Morgan fingerprint density at radius 1 is 1.35 bits per heavy atom. The van der Waals surface area contributed by atoms with E-state index in [0.29, 0.717) is 17.6 Å². The van der Waals surface area contributed by atoms with Crippen LogP contribution in [0.25, 0.3) is 0 Å². The van der Waals surface area contributed by atoms with Crippen LogP contribution in [0.3, 0.4) is 0 Å². The SMILES string of the molecule is CC(C)Cc1noc(CN2C(=O)CN(C3CC3)C2=O)n1. The molecule has 1 saturated carbocycles. The van der Waals surface area contributed by atoms with Crippen LogP contribution in [0.5, 0.6) is 0 Å². The van der Waals surface area contributed by atoms with Gasteiger partial charge in [-0.05, 0) is 18.8 Å². The van der Waals surface area contributed by atoms with Gasteiger partial charge in [-0.3, -0.25) is 9.69 Å². The predicted molar refractivity (Wildman–Crippen MR) is 68.5 cm³/mol. The Kier molecular flexibility index (Phi) is 3.19. The zero-order chi connectivity index (χ0) is 14.3. The van der Waals surface area contributed by atoms with Crippen LogP contribution in [-0.4, -0.2) is 44.5 Å². The lowest BCUT2D eigenvalue weighted by Crippen LogP contribution is -2.33. The molecule has 7 heteroatoms. The van der Waals surface area contributed by atoms with Gasteiger partial charge < -0.3 is 9.42 Å². The monoisotopic (exact) mass is 278 g/mol. The van der Waals surface area contributed by atoms with Crippen molar-refractivity contribution in [1.82, 2.24) is 19.9 Å². The topological polar surface area (TPSA) is 79.5 Å². The van der Waals surface area contributed by atoms with Gasteiger partial charge in [-0.15, -0.1) is 0 Å². The van der Waals surface area contributed by atoms with Crippen molar-refractivity contribution < 1.29 is 14.1 Å². The molecular weight excluding hydrogens is 260 g/mol. The minimum absolute atomic E-state index is 0.0754. The zero-order valence-electron chi connectivity index (χ0n) is 11.7. The number of rotatable bonds is 5. The number of hydrogen-bond acceptors (Lipinski definition) is 5. The predicted octanol–water partition coefficient (Wildman–Crippen LogP) is 1.19. The summed E-state index contributed by atoms with van der Waals surface area (Å²) in [7, 11) is 0. The molecule has 7 nitrogen and oxygen atoms in total. The van der Waals surface area contributed by atoms with Crippen LogP contribution in [0.15, 0.2) is 4.52 Å². The van der Waals surface area contributed by atoms with Gasteiger partial charge in [0.1, 0.15) is 13.1 Å². The molecule has 1 aromatic heterocycles. The molecular formula is C13H18N4O3. The molecule has 0 radical (unpaired) electrons. The number of imide groups is 1. The number of carbonyl (C=O) groups is 2. The average molecular weight is 278 g/mol. The summed E-state index contributed by atoms with van der Waals surface area (Å²) in [6, 6.07) is 0.0109. The molecule has 108 valence electrons. The number of nitrogens with zero attached hydrogens (tertiary/aromatic N) is 4. The van der Waals surface area contributed by atoms with Crippen LogP contribution in [0, 0.1) is 5.92 Å². The molecule has 1 aliphatic carbocycles. The Bertz CT molecular complexity index is 535. The summed E-state index contributed by atoms with van der Waals surface area (Å²) in [6.45, 7) is 4.39. The van der Waals surface area contributed by atoms with Crippen LogP contribution in [0.2, 0.25) is 0 Å². The third-order valence-corrected chi connectivity index (χ3v) is 3.47. The number of urea groups is 1. The maximum Gasteiger partial charge on any atom is 0.327 e. The van der Waals surface area contributed by atoms with Crippen LogP contribution in [-0.2, 0) is 17.8 Å². The maximum atomic E-state index is 12.1. The Hall–Kier alpha value is -1.92. The van der Waals surface area contributed by atoms with Crippen molar-refractivity contribution in [1.29, 1.82) is 0 Å². The molecule has 1 aromatic rings. The molecule has 0 aromatic carbocycles. The van der Waals surface area contributed by atoms with Gasteiger partial charge in [0.05, 0.1) is 0 Å². The van der Waals surface area contributed by atoms with E-state index < -0.39 is 0 Å². The summed E-state index contributed by atoms with van der Waals surface area (Å²) in [4.78, 5) is 31.1. The number of aromatic nitrogens is 2. The van der Waals surface area contributed by atoms with Crippen LogP contribution >= 0.6 is 0 Å². The van der Waals surface area contributed by atoms with Crippen molar-refractivity contribution in [3.63, 3.8) is 0 Å². The molecule has 2 heterocycles. The van der Waals surface area contributed by atoms with Crippen molar-refractivity contribution >= 4 is 11.9 Å². The van der Waals surface area contributed by atoms with Crippen molar-refractivity contribution in [3.8, 4) is 0 Å². The quantitative estimate of drug-likeness (QED) is 0.756. The Morgan fingerprint density at radius 3 is 2.75 bits per heavy atom. The van der Waals surface area contributed by atoms with E-state index in [1.807, 2.05) is 0 Å². The van der Waals surface area contributed by atoms with Gasteiger partial charge >= 0.3 is 6.03 Å². The fourth-order valence-corrected chi connectivity index (χ4v) is 2.33. The van der Waals surface area contributed by atoms with Crippen molar-refractivity contribution in [3.05, 3.63) is 11.7 Å². The molecule has 20 heavy (non-hydrogen) atoms. The summed E-state index contributed by atoms with van der Waals surface area (Å²) in [5.41, 5.74) is 0. The Morgan fingerprint density at radius 2 is 2.10 bits per heavy atom. The van der Waals surface area contributed by atoms with Gasteiger partial charge in [-0.2, -0.15) is 4.98 Å². The van der Waals surface area contributed by atoms with Crippen molar-refractivity contribution in [2.75, 3.05) is 6.54 Å². The van der Waals surface area contributed by atoms with Crippen LogP contribution < -0.4 is 0 Å². The highest BCUT2D eigenvalue weighted by molar-refractivity contribution is 6.02. The molecule has 0 unspecified atom stereocenters. The van der Waals surface area contributed by atoms with E-state index in [0.717, 1.165) is 19.3 Å². The lowest BCUT2D eigenvalue weighted by Gasteiger charge is -2.14. The van der Waals surface area contributed by atoms with Gasteiger partial charge in [0, 0.05) is 12.5 Å². The second-order valence-corrected chi connectivity index (χ2v) is 5.82. The number of carbonyl (C=O) groups excluding carboxylic acids is 2. The zero-order valence-corrected chi connectivity index (χ0v) is 11.7. The van der Waals surface area contributed by atoms with Crippen molar-refractivity contribution in [2.24, 2.45) is 5.92 Å². The van der Waals surface area contributed by atoms with Crippen LogP contribution in [0.1, 0.15) is 38.4 Å². The smallest absolute Gasteiger partial charge is 0.327 e. The highest BCUT2D eigenvalue weighted by Gasteiger charge is 2.44. The highest BCUT2D eigenvalue weighted by atomic mass is 16.5. The lowest BCUT2D eigenvalue weighted by atomic mass is 10.1. The maximum absolute atomic E-state index is 12.1. The van der Waals surface area contributed by atoms with Gasteiger partial charge in [0.2, 0.25) is 5.89 Å². The Labute approximate surface area is 116 Å². The van der Waals surface area contributed by atoms with Gasteiger partial charge in [0.25, 0.3) is 5.91 Å². The third kappa shape index (κ3) is 2.52. The number of hydrogen-bond donors (Lipinski definition) is 0. The van der Waals surface area contributed by atoms with E-state index in [2.05, 4.69) is 24.0 Å². The minimum atomic E-state index is -0.235. The number of amides is 3. The summed E-state index contributed by atoms with van der Waals surface area (Å²) >= 11 is 0. The first-order chi connectivity index (χ1) is 9.54. The van der Waals surface area contributed by atoms with E-state index in [1.165, 1.54) is 4.90 Å². The molecule has 0 N–H and O–H groups in total. The lowest BCUT2D eigenvalue weighted by molar-refractivity contribution is -0.126. The minimum Gasteiger partial charge on any atom is -0.337 e. The molecule has 0 atom stereocenters. The van der Waals surface area contributed by atoms with Gasteiger partial charge in [0.15, 0.2) is 5.82 Å². The van der Waals surface area contributed by atoms with E-state index in [-0.39, 0.29) is 31.1 Å². The second-order valence-electron chi connectivity index (χ2n) is 5.82. The fraction of sp³-hybridized carbons (Fsp3) is 0.692. The van der Waals surface area contributed by atoms with Crippen LogP contribution in [0.4, 0.5) is 4.79 Å². The molecule has 0 bridgehead atoms. The van der Waals surface area contributed by atoms with Gasteiger partial charge in [-0.25, -0.2) is 4.79 Å². The van der Waals surface area contributed by atoms with Crippen molar-refractivity contribution in [2.45, 2.75) is 45.7 Å². The first kappa shape index (κ1) is 13.1. The average Bonchev–Trinajstić information content (AvgIpc) is 3.07. The molecule has 3 rings (SSSR count). The molecule has 1 aliphatic heterocycles. The molecule has 0 spiro atoms. The summed E-state index contributed by atoms with van der Waals surface area (Å²) in [5.74, 6) is 1.18. The third-order valence-electron chi connectivity index (χ3n) is 3.47. The molecule has 2 aliphatic rings. The highest BCUT2D eigenvalue weighted by Crippen LogP contribution is 2.30. The normalized spacial score (nSPS) is 19.6. The van der Waals surface area contributed by atoms with E-state index in [9.17, 15) is 9.59 Å². The summed E-state index contributed by atoms with van der Waals surface area (Å²) in [6.07, 6.45) is 2.71. The van der Waals surface area contributed by atoms with E-state index in [4.69, 9.17) is 4.52 Å². The fourth-order valence-electron chi connectivity index (χ4n) is 2.33. The Balaban J connectivity index is 1.66. The summed E-state index contributed by atoms with van der Waals surface area (Å²) < 4.78 is 5.11. The molecule has 2 fully saturated rings. The van der Waals surface area contributed by atoms with Gasteiger partial charge in [-0.1, -0.05) is 19.0 Å². The first-order valence-electron chi connectivity index (χ1n) is 6.97.